The Labute approximate surface area is 127 Å². The molecule has 1 aliphatic rings. The van der Waals surface area contributed by atoms with Gasteiger partial charge in [-0.15, -0.1) is 0 Å². The molecule has 1 aromatic heterocycles. The smallest absolute Gasteiger partial charge is 0.170 e. The van der Waals surface area contributed by atoms with E-state index < -0.39 is 0 Å². The summed E-state index contributed by atoms with van der Waals surface area (Å²) in [6.45, 7) is 6.78. The van der Waals surface area contributed by atoms with E-state index in [1.165, 1.54) is 19.3 Å². The van der Waals surface area contributed by atoms with Crippen LogP contribution in [0.15, 0.2) is 12.3 Å². The Hall–Kier alpha value is -1.16. The first kappa shape index (κ1) is 16.2. The Morgan fingerprint density at radius 1 is 1.29 bits per heavy atom. The molecule has 0 amide bonds. The van der Waals surface area contributed by atoms with Gasteiger partial charge in [0.2, 0.25) is 0 Å². The molecule has 1 fully saturated rings. The zero-order valence-electron chi connectivity index (χ0n) is 13.7. The van der Waals surface area contributed by atoms with Gasteiger partial charge in [-0.1, -0.05) is 19.3 Å². The van der Waals surface area contributed by atoms with Crippen molar-refractivity contribution >= 4 is 5.82 Å². The molecule has 0 aromatic carbocycles. The minimum absolute atomic E-state index is 0.0227. The highest BCUT2D eigenvalue weighted by Crippen LogP contribution is 2.27. The van der Waals surface area contributed by atoms with Crippen LogP contribution in [0.5, 0.6) is 0 Å². The van der Waals surface area contributed by atoms with Gasteiger partial charge in [-0.05, 0) is 39.7 Å². The second kappa shape index (κ2) is 6.73. The van der Waals surface area contributed by atoms with Gasteiger partial charge in [0.05, 0.1) is 0 Å². The third-order valence-corrected chi connectivity index (χ3v) is 4.22. The van der Waals surface area contributed by atoms with E-state index in [1.807, 2.05) is 11.9 Å². The quantitative estimate of drug-likeness (QED) is 0.913. The van der Waals surface area contributed by atoms with E-state index in [1.54, 1.807) is 12.3 Å². The number of anilines is 1. The predicted molar refractivity (Wildman–Crippen MR) is 86.1 cm³/mol. The van der Waals surface area contributed by atoms with E-state index >= 15 is 0 Å². The number of hydrogen-bond acceptors (Lipinski definition) is 3. The Morgan fingerprint density at radius 3 is 2.57 bits per heavy atom. The lowest BCUT2D eigenvalue weighted by atomic mass is 9.94. The van der Waals surface area contributed by atoms with Crippen LogP contribution in [0.2, 0.25) is 0 Å². The van der Waals surface area contributed by atoms with Gasteiger partial charge in [-0.3, -0.25) is 0 Å². The van der Waals surface area contributed by atoms with Gasteiger partial charge in [0.15, 0.2) is 11.6 Å². The maximum atomic E-state index is 14.7. The molecule has 1 aliphatic carbocycles. The van der Waals surface area contributed by atoms with E-state index in [9.17, 15) is 4.39 Å². The maximum absolute atomic E-state index is 14.7. The molecule has 0 atom stereocenters. The standard InChI is InChI=1S/C17H28FN3/c1-17(2,3)20-12-13-10-11-19-16(15(13)18)21(4)14-8-6-5-7-9-14/h10-11,14,20H,5-9,12H2,1-4H3. The van der Waals surface area contributed by atoms with Crippen LogP contribution < -0.4 is 10.2 Å². The molecule has 0 spiro atoms. The van der Waals surface area contributed by atoms with E-state index in [2.05, 4.69) is 31.1 Å². The summed E-state index contributed by atoms with van der Waals surface area (Å²) >= 11 is 0. The molecule has 0 bridgehead atoms. The van der Waals surface area contributed by atoms with Gasteiger partial charge in [-0.25, -0.2) is 9.37 Å². The van der Waals surface area contributed by atoms with E-state index in [0.29, 0.717) is 24.0 Å². The molecular weight excluding hydrogens is 265 g/mol. The molecule has 0 aliphatic heterocycles. The van der Waals surface area contributed by atoms with Crippen molar-refractivity contribution in [1.82, 2.24) is 10.3 Å². The molecule has 1 saturated carbocycles. The number of aromatic nitrogens is 1. The normalized spacial score (nSPS) is 17.0. The Balaban J connectivity index is 2.12. The molecule has 1 aromatic rings. The fourth-order valence-electron chi connectivity index (χ4n) is 2.86. The second-order valence-corrected chi connectivity index (χ2v) is 7.11. The summed E-state index contributed by atoms with van der Waals surface area (Å²) in [7, 11) is 1.97. The number of rotatable bonds is 4. The van der Waals surface area contributed by atoms with Crippen LogP contribution in [-0.4, -0.2) is 23.6 Å². The van der Waals surface area contributed by atoms with Gasteiger partial charge >= 0.3 is 0 Å². The van der Waals surface area contributed by atoms with Crippen molar-refractivity contribution in [2.45, 2.75) is 71.0 Å². The number of pyridine rings is 1. The van der Waals surface area contributed by atoms with E-state index in [0.717, 1.165) is 12.8 Å². The van der Waals surface area contributed by atoms with Crippen LogP contribution in [0.25, 0.3) is 0 Å². The summed E-state index contributed by atoms with van der Waals surface area (Å²) in [4.78, 5) is 6.32. The molecule has 2 rings (SSSR count). The number of halogens is 1. The fraction of sp³-hybridized carbons (Fsp3) is 0.706. The summed E-state index contributed by atoms with van der Waals surface area (Å²) < 4.78 is 14.7. The average molecular weight is 293 g/mol. The summed E-state index contributed by atoms with van der Waals surface area (Å²) in [5, 5.41) is 3.34. The van der Waals surface area contributed by atoms with Crippen molar-refractivity contribution in [2.75, 3.05) is 11.9 Å². The average Bonchev–Trinajstić information content (AvgIpc) is 2.45. The third-order valence-electron chi connectivity index (χ3n) is 4.22. The van der Waals surface area contributed by atoms with Crippen molar-refractivity contribution in [1.29, 1.82) is 0 Å². The van der Waals surface area contributed by atoms with Crippen LogP contribution in [-0.2, 0) is 6.54 Å². The molecule has 4 heteroatoms. The predicted octanol–water partition coefficient (Wildman–Crippen LogP) is 3.88. The summed E-state index contributed by atoms with van der Waals surface area (Å²) in [6.07, 6.45) is 7.78. The molecule has 0 saturated heterocycles. The van der Waals surface area contributed by atoms with Crippen LogP contribution in [0, 0.1) is 5.82 Å². The van der Waals surface area contributed by atoms with Gasteiger partial charge in [0.25, 0.3) is 0 Å². The topological polar surface area (TPSA) is 28.2 Å². The molecule has 3 nitrogen and oxygen atoms in total. The molecule has 21 heavy (non-hydrogen) atoms. The van der Waals surface area contributed by atoms with Gasteiger partial charge in [-0.2, -0.15) is 0 Å². The summed E-state index contributed by atoms with van der Waals surface area (Å²) in [5.41, 5.74) is 0.670. The number of nitrogens with zero attached hydrogens (tertiary/aromatic N) is 2. The lowest BCUT2D eigenvalue weighted by molar-refractivity contribution is 0.412. The third kappa shape index (κ3) is 4.40. The van der Waals surface area contributed by atoms with Gasteiger partial charge < -0.3 is 10.2 Å². The van der Waals surface area contributed by atoms with Crippen LogP contribution >= 0.6 is 0 Å². The van der Waals surface area contributed by atoms with Gasteiger partial charge in [0, 0.05) is 36.9 Å². The first-order valence-corrected chi connectivity index (χ1v) is 8.00. The Bertz CT molecular complexity index is 462. The van der Waals surface area contributed by atoms with E-state index in [-0.39, 0.29) is 11.4 Å². The minimum atomic E-state index is -0.178. The zero-order chi connectivity index (χ0) is 15.5. The van der Waals surface area contributed by atoms with E-state index in [4.69, 9.17) is 0 Å². The molecule has 1 heterocycles. The Kier molecular flexibility index (Phi) is 5.20. The van der Waals surface area contributed by atoms with Crippen LogP contribution in [0.1, 0.15) is 58.4 Å². The molecule has 0 radical (unpaired) electrons. The van der Waals surface area contributed by atoms with Crippen molar-refractivity contribution in [3.05, 3.63) is 23.6 Å². The SMILES string of the molecule is CN(c1nccc(CNC(C)(C)C)c1F)C1CCCCC1. The number of nitrogens with one attached hydrogen (secondary N) is 1. The fourth-order valence-corrected chi connectivity index (χ4v) is 2.86. The molecule has 0 unspecified atom stereocenters. The first-order chi connectivity index (χ1) is 9.88. The lowest BCUT2D eigenvalue weighted by Gasteiger charge is -2.32. The molecular formula is C17H28FN3. The van der Waals surface area contributed by atoms with Crippen molar-refractivity contribution in [3.63, 3.8) is 0 Å². The van der Waals surface area contributed by atoms with Crippen molar-refractivity contribution < 1.29 is 4.39 Å². The molecule has 1 N–H and O–H groups in total. The second-order valence-electron chi connectivity index (χ2n) is 7.11. The first-order valence-electron chi connectivity index (χ1n) is 8.00. The van der Waals surface area contributed by atoms with Crippen LogP contribution in [0.4, 0.5) is 10.2 Å². The summed E-state index contributed by atoms with van der Waals surface area (Å²) in [6, 6.07) is 2.19. The largest absolute Gasteiger partial charge is 0.354 e. The van der Waals surface area contributed by atoms with Crippen molar-refractivity contribution in [3.8, 4) is 0 Å². The van der Waals surface area contributed by atoms with Gasteiger partial charge in [0.1, 0.15) is 0 Å². The van der Waals surface area contributed by atoms with Crippen LogP contribution in [0.3, 0.4) is 0 Å². The summed E-state index contributed by atoms with van der Waals surface area (Å²) in [5.74, 6) is 0.317. The lowest BCUT2D eigenvalue weighted by Crippen LogP contribution is -2.36. The Morgan fingerprint density at radius 2 is 1.95 bits per heavy atom. The zero-order valence-corrected chi connectivity index (χ0v) is 13.7. The maximum Gasteiger partial charge on any atom is 0.170 e. The monoisotopic (exact) mass is 293 g/mol. The molecule has 118 valence electrons. The highest BCUT2D eigenvalue weighted by molar-refractivity contribution is 5.43. The highest BCUT2D eigenvalue weighted by atomic mass is 19.1. The number of hydrogen-bond donors (Lipinski definition) is 1. The minimum Gasteiger partial charge on any atom is -0.354 e. The highest BCUT2D eigenvalue weighted by Gasteiger charge is 2.23. The van der Waals surface area contributed by atoms with Crippen molar-refractivity contribution in [2.24, 2.45) is 0 Å².